The number of esters is 1. The Morgan fingerprint density at radius 3 is 2.79 bits per heavy atom. The van der Waals surface area contributed by atoms with Gasteiger partial charge in [-0.2, -0.15) is 0 Å². The molecular weight excluding hydrogens is 328 g/mol. The number of nitrogens with zero attached hydrogens (tertiary/aromatic N) is 1. The molecule has 6 nitrogen and oxygen atoms in total. The molecule has 0 aliphatic carbocycles. The second kappa shape index (κ2) is 8.44. The summed E-state index contributed by atoms with van der Waals surface area (Å²) in [6, 6.07) is 7.15. The summed E-state index contributed by atoms with van der Waals surface area (Å²) in [5.74, 6) is -0.111. The van der Waals surface area contributed by atoms with Crippen LogP contribution in [0.1, 0.15) is 25.8 Å². The first-order valence-corrected chi connectivity index (χ1v) is 8.19. The van der Waals surface area contributed by atoms with E-state index in [4.69, 9.17) is 21.7 Å². The summed E-state index contributed by atoms with van der Waals surface area (Å²) in [5, 5.41) is 3.32. The van der Waals surface area contributed by atoms with Crippen LogP contribution >= 0.6 is 12.2 Å². The summed E-state index contributed by atoms with van der Waals surface area (Å²) in [6.45, 7) is 4.41. The van der Waals surface area contributed by atoms with E-state index in [0.29, 0.717) is 35.3 Å². The van der Waals surface area contributed by atoms with Crippen molar-refractivity contribution in [2.75, 3.05) is 19.8 Å². The van der Waals surface area contributed by atoms with Crippen molar-refractivity contribution < 1.29 is 19.1 Å². The molecule has 128 valence electrons. The zero-order valence-corrected chi connectivity index (χ0v) is 14.5. The topological polar surface area (TPSA) is 67.9 Å². The molecule has 0 spiro atoms. The van der Waals surface area contributed by atoms with Crippen molar-refractivity contribution >= 4 is 35.3 Å². The zero-order chi connectivity index (χ0) is 17.5. The first-order valence-electron chi connectivity index (χ1n) is 7.78. The van der Waals surface area contributed by atoms with Crippen molar-refractivity contribution in [3.8, 4) is 5.75 Å². The van der Waals surface area contributed by atoms with Gasteiger partial charge in [0.1, 0.15) is 11.4 Å². The summed E-state index contributed by atoms with van der Waals surface area (Å²) in [5.41, 5.74) is 1.07. The van der Waals surface area contributed by atoms with Gasteiger partial charge in [0.15, 0.2) is 11.7 Å². The number of benzene rings is 1. The van der Waals surface area contributed by atoms with Crippen LogP contribution in [0.4, 0.5) is 0 Å². The molecule has 1 aromatic rings. The lowest BCUT2D eigenvalue weighted by Crippen LogP contribution is -2.31. The average Bonchev–Trinajstić information content (AvgIpc) is 2.82. The van der Waals surface area contributed by atoms with Gasteiger partial charge in [-0.1, -0.05) is 25.1 Å². The Morgan fingerprint density at radius 2 is 2.08 bits per heavy atom. The molecule has 24 heavy (non-hydrogen) atoms. The Labute approximate surface area is 146 Å². The largest absolute Gasteiger partial charge is 0.481 e. The van der Waals surface area contributed by atoms with E-state index in [-0.39, 0.29) is 12.5 Å². The Kier molecular flexibility index (Phi) is 6.31. The van der Waals surface area contributed by atoms with Gasteiger partial charge in [0.05, 0.1) is 6.61 Å². The van der Waals surface area contributed by atoms with Gasteiger partial charge in [-0.25, -0.2) is 4.79 Å². The minimum Gasteiger partial charge on any atom is -0.481 e. The maximum Gasteiger partial charge on any atom is 0.344 e. The lowest BCUT2D eigenvalue weighted by molar-refractivity contribution is -0.145. The zero-order valence-electron chi connectivity index (χ0n) is 13.7. The lowest BCUT2D eigenvalue weighted by Gasteiger charge is -2.11. The van der Waals surface area contributed by atoms with Crippen LogP contribution in [0.25, 0.3) is 6.08 Å². The number of thiocarbonyl (C=S) groups is 1. The third-order valence-electron chi connectivity index (χ3n) is 3.28. The highest BCUT2D eigenvalue weighted by molar-refractivity contribution is 7.80. The van der Waals surface area contributed by atoms with Crippen LogP contribution in [0.5, 0.6) is 5.75 Å². The fraction of sp³-hybridized carbons (Fsp3) is 0.353. The molecule has 2 rings (SSSR count). The lowest BCUT2D eigenvalue weighted by atomic mass is 10.1. The normalized spacial score (nSPS) is 15.6. The maximum absolute atomic E-state index is 12.4. The molecule has 1 saturated heterocycles. The van der Waals surface area contributed by atoms with Crippen molar-refractivity contribution in [1.29, 1.82) is 0 Å². The number of nitrogens with one attached hydrogen (secondary N) is 1. The van der Waals surface area contributed by atoms with Gasteiger partial charge in [-0.05, 0) is 37.7 Å². The Balaban J connectivity index is 2.16. The van der Waals surface area contributed by atoms with Gasteiger partial charge in [0, 0.05) is 12.1 Å². The third-order valence-corrected chi connectivity index (χ3v) is 3.60. The quantitative estimate of drug-likeness (QED) is 0.462. The number of hydrogen-bond acceptors (Lipinski definition) is 5. The molecule has 1 aliphatic heterocycles. The van der Waals surface area contributed by atoms with E-state index in [2.05, 4.69) is 5.32 Å². The van der Waals surface area contributed by atoms with Gasteiger partial charge >= 0.3 is 5.97 Å². The molecule has 0 saturated carbocycles. The summed E-state index contributed by atoms with van der Waals surface area (Å²) < 4.78 is 10.3. The third kappa shape index (κ3) is 4.32. The Bertz CT molecular complexity index is 672. The van der Waals surface area contributed by atoms with Gasteiger partial charge in [0.2, 0.25) is 0 Å². The molecule has 1 fully saturated rings. The molecular formula is C17H20N2O4S. The molecule has 1 aliphatic rings. The fourth-order valence-electron chi connectivity index (χ4n) is 2.22. The van der Waals surface area contributed by atoms with Crippen molar-refractivity contribution in [1.82, 2.24) is 10.2 Å². The van der Waals surface area contributed by atoms with Crippen molar-refractivity contribution in [3.05, 3.63) is 35.5 Å². The number of amides is 1. The first kappa shape index (κ1) is 17.9. The molecule has 1 amide bonds. The predicted octanol–water partition coefficient (Wildman–Crippen LogP) is 2.10. The Hall–Kier alpha value is -2.41. The number of hydrogen-bond donors (Lipinski definition) is 1. The van der Waals surface area contributed by atoms with E-state index < -0.39 is 5.97 Å². The highest BCUT2D eigenvalue weighted by atomic mass is 32.1. The van der Waals surface area contributed by atoms with Crippen LogP contribution in [0.15, 0.2) is 30.0 Å². The van der Waals surface area contributed by atoms with Crippen LogP contribution in [0, 0.1) is 0 Å². The molecule has 1 aromatic carbocycles. The molecule has 1 heterocycles. The smallest absolute Gasteiger partial charge is 0.344 e. The number of para-hydroxylation sites is 1. The monoisotopic (exact) mass is 348 g/mol. The van der Waals surface area contributed by atoms with Gasteiger partial charge in [-0.3, -0.25) is 9.69 Å². The number of carbonyl (C=O) groups is 2. The molecule has 0 unspecified atom stereocenters. The van der Waals surface area contributed by atoms with Gasteiger partial charge in [-0.15, -0.1) is 0 Å². The summed E-state index contributed by atoms with van der Waals surface area (Å²) >= 11 is 5.18. The van der Waals surface area contributed by atoms with E-state index in [0.717, 1.165) is 6.42 Å². The minimum absolute atomic E-state index is 0.165. The van der Waals surface area contributed by atoms with Gasteiger partial charge in [0.25, 0.3) is 5.91 Å². The summed E-state index contributed by atoms with van der Waals surface area (Å²) in [6.07, 6.45) is 2.49. The molecule has 7 heteroatoms. The second-order valence-corrected chi connectivity index (χ2v) is 5.46. The van der Waals surface area contributed by atoms with Crippen molar-refractivity contribution in [2.24, 2.45) is 0 Å². The number of ether oxygens (including phenoxy) is 2. The number of carbonyl (C=O) groups excluding carboxylic acids is 2. The average molecular weight is 348 g/mol. The maximum atomic E-state index is 12.4. The molecule has 0 aromatic heterocycles. The predicted molar refractivity (Wildman–Crippen MR) is 94.3 cm³/mol. The standard InChI is InChI=1S/C17H20N2O4S/c1-3-9-19-16(21)13(18-17(19)24)10-12-7-5-6-8-14(12)23-11-15(20)22-4-2/h5-8,10H,3-4,9,11H2,1-2H3,(H,18,24)/b13-10-. The minimum atomic E-state index is -0.440. The van der Waals surface area contributed by atoms with Crippen LogP contribution < -0.4 is 10.1 Å². The van der Waals surface area contributed by atoms with Crippen LogP contribution in [0.2, 0.25) is 0 Å². The second-order valence-electron chi connectivity index (χ2n) is 5.08. The first-order chi connectivity index (χ1) is 11.6. The van der Waals surface area contributed by atoms with E-state index >= 15 is 0 Å². The molecule has 0 radical (unpaired) electrons. The number of rotatable bonds is 7. The van der Waals surface area contributed by atoms with Crippen LogP contribution in [-0.4, -0.2) is 41.6 Å². The van der Waals surface area contributed by atoms with E-state index in [9.17, 15) is 9.59 Å². The van der Waals surface area contributed by atoms with Crippen molar-refractivity contribution in [3.63, 3.8) is 0 Å². The highest BCUT2D eigenvalue weighted by Gasteiger charge is 2.29. The van der Waals surface area contributed by atoms with E-state index in [1.165, 1.54) is 4.90 Å². The fourth-order valence-corrected chi connectivity index (χ4v) is 2.51. The van der Waals surface area contributed by atoms with Gasteiger partial charge < -0.3 is 14.8 Å². The summed E-state index contributed by atoms with van der Waals surface area (Å²) in [4.78, 5) is 25.3. The summed E-state index contributed by atoms with van der Waals surface area (Å²) in [7, 11) is 0. The van der Waals surface area contributed by atoms with Crippen LogP contribution in [-0.2, 0) is 14.3 Å². The van der Waals surface area contributed by atoms with E-state index in [1.807, 2.05) is 13.0 Å². The highest BCUT2D eigenvalue weighted by Crippen LogP contribution is 2.22. The Morgan fingerprint density at radius 1 is 1.33 bits per heavy atom. The molecule has 0 atom stereocenters. The molecule has 0 bridgehead atoms. The van der Waals surface area contributed by atoms with Crippen LogP contribution in [0.3, 0.4) is 0 Å². The molecule has 1 N–H and O–H groups in total. The van der Waals surface area contributed by atoms with E-state index in [1.54, 1.807) is 31.2 Å². The SMILES string of the molecule is CCCN1C(=O)/C(=C/c2ccccc2OCC(=O)OCC)NC1=S. The van der Waals surface area contributed by atoms with Crippen molar-refractivity contribution in [2.45, 2.75) is 20.3 Å².